The molecule has 2 aromatic rings. The third-order valence-electron chi connectivity index (χ3n) is 5.62. The number of hydrogen-bond donors (Lipinski definition) is 2. The summed E-state index contributed by atoms with van der Waals surface area (Å²) in [6.45, 7) is 10.8. The highest BCUT2D eigenvalue weighted by molar-refractivity contribution is 5.89. The fourth-order valence-corrected chi connectivity index (χ4v) is 3.94. The Hall–Kier alpha value is -2.71. The number of fused-ring (bicyclic) bond motifs is 1. The Balaban J connectivity index is 1.65. The van der Waals surface area contributed by atoms with Crippen LogP contribution in [0.15, 0.2) is 24.3 Å². The highest BCUT2D eigenvalue weighted by Gasteiger charge is 2.25. The lowest BCUT2D eigenvalue weighted by Gasteiger charge is -2.34. The molecule has 30 heavy (non-hydrogen) atoms. The van der Waals surface area contributed by atoms with Crippen molar-refractivity contribution in [1.29, 1.82) is 0 Å². The maximum Gasteiger partial charge on any atom is 0.319 e. The fourth-order valence-electron chi connectivity index (χ4n) is 3.94. The molecule has 160 valence electrons. The van der Waals surface area contributed by atoms with Crippen molar-refractivity contribution in [2.45, 2.75) is 26.8 Å². The van der Waals surface area contributed by atoms with E-state index in [9.17, 15) is 4.79 Å². The Bertz CT molecular complexity index is 880. The van der Waals surface area contributed by atoms with Gasteiger partial charge in [-0.25, -0.2) is 14.8 Å². The van der Waals surface area contributed by atoms with Crippen LogP contribution in [0, 0.1) is 0 Å². The Labute approximate surface area is 177 Å². The van der Waals surface area contributed by atoms with E-state index < -0.39 is 0 Å². The molecule has 0 saturated carbocycles. The standard InChI is InChI=1S/C22H30N6O2/c1-3-23-22(29)24-17-7-5-16(6-8-17)20-25-19-15-27(4-2)10-9-18(19)21(26-20)28-11-13-30-14-12-28/h5-8H,3-4,9-15H2,1-2H3,(H2,23,24,29). The van der Waals surface area contributed by atoms with E-state index in [0.717, 1.165) is 80.9 Å². The molecule has 0 radical (unpaired) electrons. The van der Waals surface area contributed by atoms with Crippen LogP contribution < -0.4 is 15.5 Å². The van der Waals surface area contributed by atoms with E-state index in [0.29, 0.717) is 6.54 Å². The van der Waals surface area contributed by atoms with E-state index in [-0.39, 0.29) is 6.03 Å². The SMILES string of the molecule is CCNC(=O)Nc1ccc(-c2nc3c(c(N4CCOCC4)n2)CCN(CC)C3)cc1. The quantitative estimate of drug-likeness (QED) is 0.788. The molecule has 1 fully saturated rings. The summed E-state index contributed by atoms with van der Waals surface area (Å²) >= 11 is 0. The molecule has 2 aliphatic heterocycles. The van der Waals surface area contributed by atoms with Crippen LogP contribution in [-0.2, 0) is 17.7 Å². The number of amides is 2. The summed E-state index contributed by atoms with van der Waals surface area (Å²) in [5.74, 6) is 1.79. The summed E-state index contributed by atoms with van der Waals surface area (Å²) in [6.07, 6.45) is 0.978. The number of carbonyl (C=O) groups is 1. The van der Waals surface area contributed by atoms with Gasteiger partial charge in [0.1, 0.15) is 5.82 Å². The van der Waals surface area contributed by atoms with Crippen molar-refractivity contribution in [3.05, 3.63) is 35.5 Å². The second-order valence-corrected chi connectivity index (χ2v) is 7.58. The molecular weight excluding hydrogens is 380 g/mol. The molecule has 1 aromatic carbocycles. The molecule has 1 saturated heterocycles. The van der Waals surface area contributed by atoms with Crippen LogP contribution in [0.2, 0.25) is 0 Å². The highest BCUT2D eigenvalue weighted by atomic mass is 16.5. The van der Waals surface area contributed by atoms with Crippen molar-refractivity contribution in [3.8, 4) is 11.4 Å². The first-order valence-electron chi connectivity index (χ1n) is 10.8. The molecule has 2 amide bonds. The van der Waals surface area contributed by atoms with Crippen molar-refractivity contribution in [1.82, 2.24) is 20.2 Å². The maximum absolute atomic E-state index is 11.7. The van der Waals surface area contributed by atoms with Gasteiger partial charge < -0.3 is 20.3 Å². The van der Waals surface area contributed by atoms with Crippen molar-refractivity contribution in [3.63, 3.8) is 0 Å². The first-order valence-corrected chi connectivity index (χ1v) is 10.8. The lowest BCUT2D eigenvalue weighted by atomic mass is 10.0. The highest BCUT2D eigenvalue weighted by Crippen LogP contribution is 2.30. The largest absolute Gasteiger partial charge is 0.378 e. The van der Waals surface area contributed by atoms with Crippen LogP contribution in [0.4, 0.5) is 16.3 Å². The number of morpholine rings is 1. The van der Waals surface area contributed by atoms with Crippen LogP contribution in [-0.4, -0.2) is 66.8 Å². The molecule has 8 heteroatoms. The van der Waals surface area contributed by atoms with Crippen LogP contribution in [0.1, 0.15) is 25.1 Å². The van der Waals surface area contributed by atoms with E-state index in [1.165, 1.54) is 5.56 Å². The molecule has 0 aliphatic carbocycles. The molecule has 2 aliphatic rings. The molecule has 8 nitrogen and oxygen atoms in total. The lowest BCUT2D eigenvalue weighted by Crippen LogP contribution is -2.39. The minimum atomic E-state index is -0.204. The van der Waals surface area contributed by atoms with Crippen molar-refractivity contribution in [2.24, 2.45) is 0 Å². The van der Waals surface area contributed by atoms with Gasteiger partial charge in [-0.1, -0.05) is 6.92 Å². The number of carbonyl (C=O) groups excluding carboxylic acids is 1. The maximum atomic E-state index is 11.7. The van der Waals surface area contributed by atoms with Crippen LogP contribution in [0.25, 0.3) is 11.4 Å². The molecule has 3 heterocycles. The number of rotatable bonds is 5. The zero-order valence-corrected chi connectivity index (χ0v) is 17.8. The van der Waals surface area contributed by atoms with Gasteiger partial charge in [0.15, 0.2) is 5.82 Å². The van der Waals surface area contributed by atoms with Crippen LogP contribution >= 0.6 is 0 Å². The molecular formula is C22H30N6O2. The van der Waals surface area contributed by atoms with Gasteiger partial charge in [0.25, 0.3) is 0 Å². The Morgan fingerprint density at radius 2 is 1.87 bits per heavy atom. The summed E-state index contributed by atoms with van der Waals surface area (Å²) in [4.78, 5) is 26.4. The van der Waals surface area contributed by atoms with Crippen LogP contribution in [0.5, 0.6) is 0 Å². The van der Waals surface area contributed by atoms with Gasteiger partial charge in [-0.15, -0.1) is 0 Å². The number of hydrogen-bond acceptors (Lipinski definition) is 6. The molecule has 0 unspecified atom stereocenters. The van der Waals surface area contributed by atoms with E-state index in [1.807, 2.05) is 31.2 Å². The average molecular weight is 411 g/mol. The number of ether oxygens (including phenoxy) is 1. The zero-order chi connectivity index (χ0) is 20.9. The minimum absolute atomic E-state index is 0.204. The van der Waals surface area contributed by atoms with Gasteiger partial charge in [0, 0.05) is 49.5 Å². The minimum Gasteiger partial charge on any atom is -0.378 e. The predicted octanol–water partition coefficient (Wildman–Crippen LogP) is 2.50. The third-order valence-corrected chi connectivity index (χ3v) is 5.62. The monoisotopic (exact) mass is 410 g/mol. The fraction of sp³-hybridized carbons (Fsp3) is 0.500. The first kappa shape index (κ1) is 20.6. The molecule has 0 spiro atoms. The number of benzene rings is 1. The smallest absolute Gasteiger partial charge is 0.319 e. The number of urea groups is 1. The van der Waals surface area contributed by atoms with Gasteiger partial charge >= 0.3 is 6.03 Å². The number of anilines is 2. The van der Waals surface area contributed by atoms with E-state index in [1.54, 1.807) is 0 Å². The molecule has 0 atom stereocenters. The van der Waals surface area contributed by atoms with Gasteiger partial charge in [0.2, 0.25) is 0 Å². The third kappa shape index (κ3) is 4.55. The van der Waals surface area contributed by atoms with E-state index in [2.05, 4.69) is 27.4 Å². The van der Waals surface area contributed by atoms with Gasteiger partial charge in [-0.05, 0) is 44.2 Å². The Kier molecular flexibility index (Phi) is 6.44. The number of aromatic nitrogens is 2. The lowest BCUT2D eigenvalue weighted by molar-refractivity contribution is 0.122. The number of likely N-dealkylation sites (N-methyl/N-ethyl adjacent to an activating group) is 1. The molecule has 2 N–H and O–H groups in total. The molecule has 1 aromatic heterocycles. The van der Waals surface area contributed by atoms with Crippen molar-refractivity contribution >= 4 is 17.5 Å². The number of nitrogens with one attached hydrogen (secondary N) is 2. The van der Waals surface area contributed by atoms with Gasteiger partial charge in [-0.3, -0.25) is 4.90 Å². The summed E-state index contributed by atoms with van der Waals surface area (Å²) in [5, 5.41) is 5.56. The van der Waals surface area contributed by atoms with E-state index >= 15 is 0 Å². The Morgan fingerprint density at radius 1 is 1.10 bits per heavy atom. The summed E-state index contributed by atoms with van der Waals surface area (Å²) in [6, 6.07) is 7.50. The van der Waals surface area contributed by atoms with Crippen LogP contribution in [0.3, 0.4) is 0 Å². The number of nitrogens with zero attached hydrogens (tertiary/aromatic N) is 4. The van der Waals surface area contributed by atoms with Gasteiger partial charge in [-0.2, -0.15) is 0 Å². The first-order chi connectivity index (χ1) is 14.7. The summed E-state index contributed by atoms with van der Waals surface area (Å²) in [7, 11) is 0. The van der Waals surface area contributed by atoms with Gasteiger partial charge in [0.05, 0.1) is 18.9 Å². The van der Waals surface area contributed by atoms with Crippen molar-refractivity contribution in [2.75, 3.05) is 56.2 Å². The zero-order valence-electron chi connectivity index (χ0n) is 17.8. The predicted molar refractivity (Wildman–Crippen MR) is 118 cm³/mol. The molecule has 4 rings (SSSR count). The topological polar surface area (TPSA) is 82.6 Å². The van der Waals surface area contributed by atoms with E-state index in [4.69, 9.17) is 14.7 Å². The summed E-state index contributed by atoms with van der Waals surface area (Å²) < 4.78 is 5.54. The second-order valence-electron chi connectivity index (χ2n) is 7.58. The van der Waals surface area contributed by atoms with Crippen molar-refractivity contribution < 1.29 is 9.53 Å². The Morgan fingerprint density at radius 3 is 2.57 bits per heavy atom. The molecule has 0 bridgehead atoms. The average Bonchev–Trinajstić information content (AvgIpc) is 2.79. The summed E-state index contributed by atoms with van der Waals surface area (Å²) in [5.41, 5.74) is 4.09. The normalized spacial score (nSPS) is 16.8. The second kappa shape index (κ2) is 9.40.